The Balaban J connectivity index is 3.85. The minimum Gasteiger partial charge on any atom is -0.481 e. The molecule has 0 heterocycles. The van der Waals surface area contributed by atoms with Gasteiger partial charge in [-0.15, -0.1) is 0 Å². The van der Waals surface area contributed by atoms with Gasteiger partial charge in [-0.3, -0.25) is 24.0 Å². The van der Waals surface area contributed by atoms with Crippen molar-refractivity contribution < 1.29 is 38.6 Å². The molecule has 0 aromatic heterocycles. The Morgan fingerprint density at radius 1 is 0.434 bits per heavy atom. The SMILES string of the molecule is C[C@@H](CCCCNC(=O)[C@@H](C)CCCCNC(=O)[C@@H](C)CCCCNC(=O)[C@@H](C)CCCCNC(=O)[C@@H](C)CCCCNC(=O)OC(C)(C)C)C(=O)O. The average Bonchev–Trinajstić information content (AvgIpc) is 3.08. The van der Waals surface area contributed by atoms with Crippen LogP contribution < -0.4 is 26.6 Å². The number of rotatable bonds is 30. The number of carbonyl (C=O) groups is 6. The van der Waals surface area contributed by atoms with Crippen molar-refractivity contribution in [2.45, 2.75) is 157 Å². The third-order valence-electron chi connectivity index (χ3n) is 9.40. The quantitative estimate of drug-likeness (QED) is 0.0475. The van der Waals surface area contributed by atoms with Crippen LogP contribution >= 0.6 is 0 Å². The molecule has 6 N–H and O–H groups in total. The Morgan fingerprint density at radius 3 is 0.925 bits per heavy atom. The summed E-state index contributed by atoms with van der Waals surface area (Å²) in [5.74, 6) is -1.46. The predicted molar refractivity (Wildman–Crippen MR) is 209 cm³/mol. The van der Waals surface area contributed by atoms with Crippen molar-refractivity contribution >= 4 is 35.7 Å². The Morgan fingerprint density at radius 2 is 0.679 bits per heavy atom. The summed E-state index contributed by atoms with van der Waals surface area (Å²) in [4.78, 5) is 72.2. The van der Waals surface area contributed by atoms with Gasteiger partial charge in [-0.2, -0.15) is 0 Å². The summed E-state index contributed by atoms with van der Waals surface area (Å²) in [5, 5.41) is 23.6. The second-order valence-corrected chi connectivity index (χ2v) is 15.9. The van der Waals surface area contributed by atoms with Crippen LogP contribution in [0, 0.1) is 29.6 Å². The number of amides is 5. The molecule has 13 heteroatoms. The molecule has 5 atom stereocenters. The second kappa shape index (κ2) is 29.0. The predicted octanol–water partition coefficient (Wildman–Crippen LogP) is 6.09. The first-order chi connectivity index (χ1) is 24.9. The van der Waals surface area contributed by atoms with Crippen molar-refractivity contribution in [3.63, 3.8) is 0 Å². The molecule has 0 saturated carbocycles. The molecule has 308 valence electrons. The van der Waals surface area contributed by atoms with Crippen LogP contribution in [0.3, 0.4) is 0 Å². The lowest BCUT2D eigenvalue weighted by Gasteiger charge is -2.19. The summed E-state index contributed by atoms with van der Waals surface area (Å²) < 4.78 is 5.21. The third-order valence-corrected chi connectivity index (χ3v) is 9.40. The van der Waals surface area contributed by atoms with Crippen molar-refractivity contribution in [1.82, 2.24) is 26.6 Å². The van der Waals surface area contributed by atoms with Crippen LogP contribution in [0.4, 0.5) is 4.79 Å². The van der Waals surface area contributed by atoms with Crippen molar-refractivity contribution in [2.24, 2.45) is 29.6 Å². The van der Waals surface area contributed by atoms with E-state index in [9.17, 15) is 28.8 Å². The average molecular weight is 754 g/mol. The Labute approximate surface area is 320 Å². The molecule has 0 fully saturated rings. The highest BCUT2D eigenvalue weighted by Gasteiger charge is 2.18. The summed E-state index contributed by atoms with van der Waals surface area (Å²) in [7, 11) is 0. The summed E-state index contributed by atoms with van der Waals surface area (Å²) in [6, 6.07) is 0. The van der Waals surface area contributed by atoms with Gasteiger partial charge in [0.2, 0.25) is 23.6 Å². The van der Waals surface area contributed by atoms with Crippen LogP contribution in [-0.4, -0.2) is 79.1 Å². The number of aliphatic carboxylic acids is 1. The van der Waals surface area contributed by atoms with Gasteiger partial charge >= 0.3 is 12.1 Å². The summed E-state index contributed by atoms with van der Waals surface area (Å²) in [6.07, 6.45) is 11.3. The van der Waals surface area contributed by atoms with Gasteiger partial charge < -0.3 is 36.4 Å². The van der Waals surface area contributed by atoms with Crippen LogP contribution in [0.5, 0.6) is 0 Å². The van der Waals surface area contributed by atoms with Crippen LogP contribution in [-0.2, 0) is 28.7 Å². The highest BCUT2D eigenvalue weighted by atomic mass is 16.6. The van der Waals surface area contributed by atoms with E-state index < -0.39 is 17.7 Å². The lowest BCUT2D eigenvalue weighted by molar-refractivity contribution is -0.141. The molecule has 0 saturated heterocycles. The molecular weight excluding hydrogens is 678 g/mol. The first kappa shape index (κ1) is 49.6. The molecule has 0 aliphatic carbocycles. The lowest BCUT2D eigenvalue weighted by Crippen LogP contribution is -2.33. The number of carbonyl (C=O) groups excluding carboxylic acids is 5. The highest BCUT2D eigenvalue weighted by molar-refractivity contribution is 5.79. The number of hydrogen-bond acceptors (Lipinski definition) is 7. The van der Waals surface area contributed by atoms with E-state index in [1.165, 1.54) is 0 Å². The van der Waals surface area contributed by atoms with E-state index in [-0.39, 0.29) is 53.2 Å². The molecule has 0 spiro atoms. The molecule has 0 aliphatic heterocycles. The molecular formula is C40H75N5O8. The van der Waals surface area contributed by atoms with Gasteiger partial charge in [0.15, 0.2) is 0 Å². The maximum Gasteiger partial charge on any atom is 0.407 e. The number of ether oxygens (including phenoxy) is 1. The van der Waals surface area contributed by atoms with E-state index in [0.29, 0.717) is 39.1 Å². The molecule has 53 heavy (non-hydrogen) atoms. The van der Waals surface area contributed by atoms with Crippen LogP contribution in [0.1, 0.15) is 152 Å². The van der Waals surface area contributed by atoms with Gasteiger partial charge in [0.1, 0.15) is 5.60 Å². The van der Waals surface area contributed by atoms with Crippen molar-refractivity contribution in [2.75, 3.05) is 32.7 Å². The molecule has 13 nitrogen and oxygen atoms in total. The van der Waals surface area contributed by atoms with Gasteiger partial charge in [-0.25, -0.2) is 4.79 Å². The molecule has 0 rings (SSSR count). The lowest BCUT2D eigenvalue weighted by atomic mass is 10.0. The number of carboxylic acid groups (broad SMARTS) is 1. The van der Waals surface area contributed by atoms with E-state index in [0.717, 1.165) is 89.9 Å². The number of nitrogens with one attached hydrogen (secondary N) is 5. The van der Waals surface area contributed by atoms with Gasteiger partial charge in [-0.1, -0.05) is 66.7 Å². The smallest absolute Gasteiger partial charge is 0.407 e. The Kier molecular flexibility index (Phi) is 27.2. The maximum atomic E-state index is 12.5. The van der Waals surface area contributed by atoms with Crippen LogP contribution in [0.2, 0.25) is 0 Å². The topological polar surface area (TPSA) is 192 Å². The van der Waals surface area contributed by atoms with Gasteiger partial charge in [0.25, 0.3) is 0 Å². The zero-order valence-corrected chi connectivity index (χ0v) is 34.3. The van der Waals surface area contributed by atoms with Gasteiger partial charge in [0, 0.05) is 56.4 Å². The van der Waals surface area contributed by atoms with E-state index >= 15 is 0 Å². The van der Waals surface area contributed by atoms with Crippen molar-refractivity contribution in [1.29, 1.82) is 0 Å². The molecule has 0 aromatic carbocycles. The molecule has 0 aliphatic rings. The molecule has 0 bridgehead atoms. The zero-order valence-electron chi connectivity index (χ0n) is 34.3. The minimum absolute atomic E-state index is 0.0137. The normalized spacial score (nSPS) is 14.2. The first-order valence-electron chi connectivity index (χ1n) is 20.2. The van der Waals surface area contributed by atoms with Crippen molar-refractivity contribution in [3.05, 3.63) is 0 Å². The monoisotopic (exact) mass is 754 g/mol. The minimum atomic E-state index is -0.787. The summed E-state index contributed by atoms with van der Waals surface area (Å²) >= 11 is 0. The molecule has 0 unspecified atom stereocenters. The fraction of sp³-hybridized carbons (Fsp3) is 0.850. The Hall–Kier alpha value is -3.38. The fourth-order valence-corrected chi connectivity index (χ4v) is 5.57. The van der Waals surface area contributed by atoms with Crippen molar-refractivity contribution in [3.8, 4) is 0 Å². The number of hydrogen-bond donors (Lipinski definition) is 6. The molecule has 0 radical (unpaired) electrons. The number of carboxylic acids is 1. The summed E-state index contributed by atoms with van der Waals surface area (Å²) in [5.41, 5.74) is -0.521. The number of unbranched alkanes of at least 4 members (excludes halogenated alkanes) is 5. The first-order valence-corrected chi connectivity index (χ1v) is 20.2. The van der Waals surface area contributed by atoms with E-state index in [1.807, 2.05) is 48.5 Å². The largest absolute Gasteiger partial charge is 0.481 e. The maximum absolute atomic E-state index is 12.5. The van der Waals surface area contributed by atoms with Gasteiger partial charge in [0.05, 0.1) is 5.92 Å². The van der Waals surface area contributed by atoms with E-state index in [2.05, 4.69) is 26.6 Å². The Bertz CT molecular complexity index is 1080. The fourth-order valence-electron chi connectivity index (χ4n) is 5.57. The molecule has 5 amide bonds. The van der Waals surface area contributed by atoms with E-state index in [1.54, 1.807) is 6.92 Å². The second-order valence-electron chi connectivity index (χ2n) is 15.9. The third kappa shape index (κ3) is 27.8. The van der Waals surface area contributed by atoms with Gasteiger partial charge in [-0.05, 0) is 85.0 Å². The number of alkyl carbamates (subject to hydrolysis) is 1. The zero-order chi connectivity index (χ0) is 40.2. The summed E-state index contributed by atoms with van der Waals surface area (Å²) in [6.45, 7) is 17.6. The van der Waals surface area contributed by atoms with Crippen LogP contribution in [0.25, 0.3) is 0 Å². The molecule has 0 aromatic rings. The standard InChI is InChI=1S/C40H75N5O8/c1-29(34(46)42-25-15-11-21-31(3)36(48)44-27-17-13-23-33(5)38(50)51)19-9-14-24-41-35(47)30(2)20-10-16-26-43-37(49)32(4)22-12-18-28-45-39(52)53-40(6,7)8/h29-33H,9-28H2,1-8H3,(H,41,47)(H,42,46)(H,43,49)(H,44,48)(H,45,52)(H,50,51)/t29-,30-,31-,32-,33-/m0/s1. The van der Waals surface area contributed by atoms with E-state index in [4.69, 9.17) is 9.84 Å². The highest BCUT2D eigenvalue weighted by Crippen LogP contribution is 2.13. The van der Waals surface area contributed by atoms with Crippen LogP contribution in [0.15, 0.2) is 0 Å².